The third-order valence-corrected chi connectivity index (χ3v) is 7.44. The number of nitrogens with two attached hydrogens (primary N) is 1. The second-order valence-corrected chi connectivity index (χ2v) is 10.9. The minimum absolute atomic E-state index is 0.0974. The molecule has 5 unspecified atom stereocenters. The van der Waals surface area contributed by atoms with Gasteiger partial charge in [-0.1, -0.05) is 82.6 Å². The predicted molar refractivity (Wildman–Crippen MR) is 158 cm³/mol. The summed E-state index contributed by atoms with van der Waals surface area (Å²) in [7, 11) is 0. The minimum atomic E-state index is -1.17. The summed E-state index contributed by atoms with van der Waals surface area (Å²) in [4.78, 5) is 55.2. The van der Waals surface area contributed by atoms with E-state index in [0.29, 0.717) is 6.42 Å². The molecule has 0 saturated carbocycles. The molecule has 10 nitrogen and oxygen atoms in total. The Morgan fingerprint density at radius 3 is 2.05 bits per heavy atom. The molecule has 5 atom stereocenters. The zero-order valence-electron chi connectivity index (χ0n) is 24.0. The molecule has 0 aliphatic rings. The Morgan fingerprint density at radius 2 is 1.41 bits per heavy atom. The zero-order chi connectivity index (χ0) is 30.1. The molecule has 0 bridgehead atoms. The van der Waals surface area contributed by atoms with E-state index in [9.17, 15) is 24.3 Å². The highest BCUT2D eigenvalue weighted by Crippen LogP contribution is 2.20. The van der Waals surface area contributed by atoms with Crippen molar-refractivity contribution >= 4 is 34.6 Å². The third kappa shape index (κ3) is 8.40. The van der Waals surface area contributed by atoms with Crippen LogP contribution in [0.15, 0.2) is 60.8 Å². The number of aromatic amines is 1. The lowest BCUT2D eigenvalue weighted by molar-refractivity contribution is -0.143. The van der Waals surface area contributed by atoms with Crippen LogP contribution in [0, 0.1) is 11.8 Å². The minimum Gasteiger partial charge on any atom is -0.480 e. The first kappa shape index (κ1) is 31.3. The van der Waals surface area contributed by atoms with Crippen LogP contribution in [0.25, 0.3) is 10.9 Å². The molecule has 0 aliphatic heterocycles. The van der Waals surface area contributed by atoms with Gasteiger partial charge in [-0.3, -0.25) is 14.4 Å². The highest BCUT2D eigenvalue weighted by molar-refractivity contribution is 5.95. The Morgan fingerprint density at radius 1 is 0.829 bits per heavy atom. The van der Waals surface area contributed by atoms with Crippen molar-refractivity contribution in [2.45, 2.75) is 71.1 Å². The molecule has 1 aromatic heterocycles. The Bertz CT molecular complexity index is 1340. The van der Waals surface area contributed by atoms with Crippen molar-refractivity contribution in [1.29, 1.82) is 0 Å². The van der Waals surface area contributed by atoms with Gasteiger partial charge in [-0.05, 0) is 29.0 Å². The van der Waals surface area contributed by atoms with Crippen LogP contribution in [0.1, 0.15) is 45.2 Å². The van der Waals surface area contributed by atoms with Gasteiger partial charge in [-0.2, -0.15) is 0 Å². The summed E-state index contributed by atoms with van der Waals surface area (Å²) < 4.78 is 0. The molecule has 3 rings (SSSR count). The van der Waals surface area contributed by atoms with E-state index in [-0.39, 0.29) is 24.7 Å². The van der Waals surface area contributed by atoms with Gasteiger partial charge in [0.25, 0.3) is 0 Å². The lowest BCUT2D eigenvalue weighted by Gasteiger charge is -2.27. The maximum Gasteiger partial charge on any atom is 0.326 e. The van der Waals surface area contributed by atoms with Crippen molar-refractivity contribution in [3.05, 3.63) is 71.9 Å². The van der Waals surface area contributed by atoms with Gasteiger partial charge in [0.15, 0.2) is 0 Å². The summed E-state index contributed by atoms with van der Waals surface area (Å²) in [5.74, 6) is -3.31. The Balaban J connectivity index is 1.91. The molecule has 0 spiro atoms. The Kier molecular flexibility index (Phi) is 11.0. The number of H-pyrrole nitrogens is 1. The highest BCUT2D eigenvalue weighted by atomic mass is 16.4. The molecule has 2 aromatic carbocycles. The van der Waals surface area contributed by atoms with Crippen molar-refractivity contribution in [3.8, 4) is 0 Å². The number of hydrogen-bond acceptors (Lipinski definition) is 5. The Labute approximate surface area is 240 Å². The maximum absolute atomic E-state index is 13.7. The number of fused-ring (bicyclic) bond motifs is 1. The van der Waals surface area contributed by atoms with Crippen LogP contribution in [0.3, 0.4) is 0 Å². The number of carbonyl (C=O) groups excluding carboxylic acids is 3. The highest BCUT2D eigenvalue weighted by Gasteiger charge is 2.32. The SMILES string of the molecule is CCC(C)C(N)C(=O)NC(Cc1ccccc1)C(=O)NC(Cc1c[nH]c2ccccc12)C(=O)NC(C(=O)O)C(C)C. The van der Waals surface area contributed by atoms with Crippen molar-refractivity contribution in [2.24, 2.45) is 17.6 Å². The number of carboxylic acids is 1. The quantitative estimate of drug-likeness (QED) is 0.176. The van der Waals surface area contributed by atoms with Crippen LogP contribution in [-0.4, -0.2) is 57.9 Å². The van der Waals surface area contributed by atoms with Crippen LogP contribution in [0.5, 0.6) is 0 Å². The average molecular weight is 564 g/mol. The summed E-state index contributed by atoms with van der Waals surface area (Å²) in [6.45, 7) is 7.18. The zero-order valence-corrected chi connectivity index (χ0v) is 24.0. The van der Waals surface area contributed by atoms with Crippen LogP contribution >= 0.6 is 0 Å². The molecule has 3 amide bonds. The Hall–Kier alpha value is -4.18. The second kappa shape index (κ2) is 14.5. The van der Waals surface area contributed by atoms with Crippen LogP contribution in [-0.2, 0) is 32.0 Å². The third-order valence-electron chi connectivity index (χ3n) is 7.44. The van der Waals surface area contributed by atoms with Crippen molar-refractivity contribution < 1.29 is 24.3 Å². The topological polar surface area (TPSA) is 166 Å². The molecular weight excluding hydrogens is 522 g/mol. The van der Waals surface area contributed by atoms with Crippen molar-refractivity contribution in [1.82, 2.24) is 20.9 Å². The molecule has 41 heavy (non-hydrogen) atoms. The number of aromatic nitrogens is 1. The smallest absolute Gasteiger partial charge is 0.326 e. The summed E-state index contributed by atoms with van der Waals surface area (Å²) in [6, 6.07) is 12.7. The molecule has 0 aliphatic carbocycles. The molecule has 0 radical (unpaired) electrons. The van der Waals surface area contributed by atoms with E-state index in [1.165, 1.54) is 0 Å². The molecule has 3 aromatic rings. The fourth-order valence-electron chi connectivity index (χ4n) is 4.61. The normalized spacial score (nSPS) is 15.0. The lowest BCUT2D eigenvalue weighted by Crippen LogP contribution is -2.59. The van der Waals surface area contributed by atoms with Gasteiger partial charge in [0.1, 0.15) is 18.1 Å². The molecule has 0 fully saturated rings. The van der Waals surface area contributed by atoms with E-state index in [1.54, 1.807) is 20.0 Å². The van der Waals surface area contributed by atoms with Gasteiger partial charge in [0.05, 0.1) is 6.04 Å². The number of amides is 3. The van der Waals surface area contributed by atoms with Crippen LogP contribution in [0.4, 0.5) is 0 Å². The lowest BCUT2D eigenvalue weighted by atomic mass is 9.98. The fraction of sp³-hybridized carbons (Fsp3) is 0.419. The monoisotopic (exact) mass is 563 g/mol. The van der Waals surface area contributed by atoms with Crippen LogP contribution in [0.2, 0.25) is 0 Å². The second-order valence-electron chi connectivity index (χ2n) is 10.9. The molecule has 0 saturated heterocycles. The van der Waals surface area contributed by atoms with E-state index < -0.39 is 47.9 Å². The number of aliphatic carboxylic acids is 1. The van der Waals surface area contributed by atoms with Crippen molar-refractivity contribution in [3.63, 3.8) is 0 Å². The van der Waals surface area contributed by atoms with Crippen molar-refractivity contribution in [2.75, 3.05) is 0 Å². The number of carbonyl (C=O) groups is 4. The predicted octanol–water partition coefficient (Wildman–Crippen LogP) is 2.52. The van der Waals surface area contributed by atoms with E-state index in [0.717, 1.165) is 22.0 Å². The number of nitrogens with one attached hydrogen (secondary N) is 4. The molecular formula is C31H41N5O5. The van der Waals surface area contributed by atoms with E-state index >= 15 is 0 Å². The molecule has 1 heterocycles. The number of hydrogen-bond donors (Lipinski definition) is 6. The van der Waals surface area contributed by atoms with Gasteiger partial charge in [0, 0.05) is 29.9 Å². The van der Waals surface area contributed by atoms with E-state index in [4.69, 9.17) is 5.73 Å². The number of benzene rings is 2. The first-order chi connectivity index (χ1) is 19.5. The number of rotatable bonds is 14. The largest absolute Gasteiger partial charge is 0.480 e. The van der Waals surface area contributed by atoms with Gasteiger partial charge in [0.2, 0.25) is 17.7 Å². The molecule has 7 N–H and O–H groups in total. The van der Waals surface area contributed by atoms with Gasteiger partial charge in [-0.15, -0.1) is 0 Å². The first-order valence-electron chi connectivity index (χ1n) is 14.0. The maximum atomic E-state index is 13.7. The fourth-order valence-corrected chi connectivity index (χ4v) is 4.61. The first-order valence-corrected chi connectivity index (χ1v) is 14.0. The van der Waals surface area contributed by atoms with E-state index in [2.05, 4.69) is 20.9 Å². The summed E-state index contributed by atoms with van der Waals surface area (Å²) >= 11 is 0. The summed E-state index contributed by atoms with van der Waals surface area (Å²) in [6.07, 6.45) is 2.74. The van der Waals surface area contributed by atoms with Gasteiger partial charge < -0.3 is 31.8 Å². The molecule has 220 valence electrons. The summed E-state index contributed by atoms with van der Waals surface area (Å²) in [5, 5.41) is 18.7. The van der Waals surface area contributed by atoms with Gasteiger partial charge >= 0.3 is 5.97 Å². The number of para-hydroxylation sites is 1. The standard InChI is InChI=1S/C31H41N5O5/c1-5-19(4)26(32)30(39)35-24(15-20-11-7-6-8-12-20)28(37)34-25(29(38)36-27(18(2)3)31(40)41)16-21-17-33-23-14-10-9-13-22(21)23/h6-14,17-19,24-27,33H,5,15-16,32H2,1-4H3,(H,34,37)(H,35,39)(H,36,38)(H,40,41). The molecule has 10 heteroatoms. The van der Waals surface area contributed by atoms with Gasteiger partial charge in [-0.25, -0.2) is 4.79 Å². The number of carboxylic acid groups (broad SMARTS) is 1. The van der Waals surface area contributed by atoms with E-state index in [1.807, 2.05) is 68.4 Å². The summed E-state index contributed by atoms with van der Waals surface area (Å²) in [5.41, 5.74) is 8.61. The van der Waals surface area contributed by atoms with Crippen LogP contribution < -0.4 is 21.7 Å². The average Bonchev–Trinajstić information content (AvgIpc) is 3.36.